The van der Waals surface area contributed by atoms with Gasteiger partial charge < -0.3 is 9.80 Å². The molecule has 0 amide bonds. The molecule has 3 aromatic rings. The van der Waals surface area contributed by atoms with Gasteiger partial charge in [-0.3, -0.25) is 9.98 Å². The summed E-state index contributed by atoms with van der Waals surface area (Å²) in [5, 5.41) is 0.479. The maximum absolute atomic E-state index is 14.5. The lowest BCUT2D eigenvalue weighted by Gasteiger charge is -2.21. The monoisotopic (exact) mass is 435 g/mol. The van der Waals surface area contributed by atoms with E-state index in [1.54, 1.807) is 12.1 Å². The molecule has 1 aromatic carbocycles. The minimum absolute atomic E-state index is 0.342. The third kappa shape index (κ3) is 3.82. The Labute approximate surface area is 185 Å². The molecule has 0 unspecified atom stereocenters. The molecule has 0 aliphatic carbocycles. The topological polar surface area (TPSA) is 44.6 Å². The molecule has 0 N–H and O–H groups in total. The summed E-state index contributed by atoms with van der Waals surface area (Å²) in [4.78, 5) is 18.6. The van der Waals surface area contributed by atoms with Gasteiger partial charge in [-0.05, 0) is 56.9 Å². The fraction of sp³-hybridized carbons (Fsp3) is 0.292. The number of hydrogen-bond donors (Lipinski definition) is 0. The molecule has 5 nitrogen and oxygen atoms in total. The van der Waals surface area contributed by atoms with Gasteiger partial charge in [0.2, 0.25) is 0 Å². The van der Waals surface area contributed by atoms with Gasteiger partial charge >= 0.3 is 0 Å². The Kier molecular flexibility index (Phi) is 5.20. The number of likely N-dealkylation sites (N-methyl/N-ethyl adjacent to an activating group) is 1. The number of nitrogens with zero attached hydrogens (tertiary/aromatic N) is 5. The van der Waals surface area contributed by atoms with Crippen LogP contribution in [0.25, 0.3) is 16.6 Å². The van der Waals surface area contributed by atoms with Crippen LogP contribution in [0.4, 0.5) is 10.1 Å². The Morgan fingerprint density at radius 2 is 2.00 bits per heavy atom. The van der Waals surface area contributed by atoms with Crippen molar-refractivity contribution in [3.05, 3.63) is 70.8 Å². The van der Waals surface area contributed by atoms with Crippen LogP contribution in [0.1, 0.15) is 17.7 Å². The molecule has 1 atom stereocenters. The van der Waals surface area contributed by atoms with Crippen LogP contribution in [0, 0.1) is 5.82 Å². The van der Waals surface area contributed by atoms with Crippen LogP contribution in [0.2, 0.25) is 5.02 Å². The minimum atomic E-state index is -0.342. The molecule has 0 saturated carbocycles. The maximum atomic E-state index is 14.5. The quantitative estimate of drug-likeness (QED) is 0.607. The lowest BCUT2D eigenvalue weighted by atomic mass is 10.00. The molecule has 0 bridgehead atoms. The van der Waals surface area contributed by atoms with Crippen molar-refractivity contribution in [3.63, 3.8) is 0 Å². The number of fused-ring (bicyclic) bond motifs is 1. The standard InChI is InChI=1S/C24H23ClFN5/c1-30(2)16-8-10-31(14-16)17-12-23-22(28-13-17)6-5-21(29-23)18-7-9-27-24(18)19-11-15(25)3-4-20(19)26/h3-7,11-13,16H,8-10,14H2,1-2H3/t16-/m0/s1. The van der Waals surface area contributed by atoms with Crippen LogP contribution in [-0.4, -0.2) is 60.4 Å². The van der Waals surface area contributed by atoms with Crippen LogP contribution in [-0.2, 0) is 0 Å². The first-order valence-electron chi connectivity index (χ1n) is 10.4. The third-order valence-corrected chi connectivity index (χ3v) is 6.28. The fourth-order valence-electron chi connectivity index (χ4n) is 4.26. The number of hydrogen-bond acceptors (Lipinski definition) is 5. The number of benzene rings is 1. The number of rotatable bonds is 4. The van der Waals surface area contributed by atoms with Crippen molar-refractivity contribution in [1.29, 1.82) is 0 Å². The van der Waals surface area contributed by atoms with Crippen LogP contribution in [0.15, 0.2) is 53.7 Å². The predicted octanol–water partition coefficient (Wildman–Crippen LogP) is 4.45. The average Bonchev–Trinajstić information content (AvgIpc) is 3.45. The molecule has 1 fully saturated rings. The van der Waals surface area contributed by atoms with Crippen molar-refractivity contribution in [1.82, 2.24) is 14.9 Å². The average molecular weight is 436 g/mol. The Morgan fingerprint density at radius 3 is 2.81 bits per heavy atom. The van der Waals surface area contributed by atoms with Gasteiger partial charge in [-0.2, -0.15) is 0 Å². The van der Waals surface area contributed by atoms with E-state index in [1.165, 1.54) is 6.07 Å². The van der Waals surface area contributed by atoms with E-state index < -0.39 is 0 Å². The Hall–Kier alpha value is -2.83. The van der Waals surface area contributed by atoms with Crippen molar-refractivity contribution in [2.75, 3.05) is 38.6 Å². The van der Waals surface area contributed by atoms with E-state index in [-0.39, 0.29) is 5.82 Å². The fourth-order valence-corrected chi connectivity index (χ4v) is 4.43. The van der Waals surface area contributed by atoms with Crippen molar-refractivity contribution in [3.8, 4) is 0 Å². The van der Waals surface area contributed by atoms with E-state index in [0.29, 0.717) is 28.9 Å². The lowest BCUT2D eigenvalue weighted by molar-refractivity contribution is 0.315. The van der Waals surface area contributed by atoms with Gasteiger partial charge in [0.05, 0.1) is 40.9 Å². The summed E-state index contributed by atoms with van der Waals surface area (Å²) < 4.78 is 14.5. The zero-order valence-electron chi connectivity index (χ0n) is 17.5. The molecule has 31 heavy (non-hydrogen) atoms. The molecular weight excluding hydrogens is 413 g/mol. The van der Waals surface area contributed by atoms with Crippen LogP contribution in [0.3, 0.4) is 0 Å². The summed E-state index contributed by atoms with van der Waals surface area (Å²) in [7, 11) is 4.25. The summed E-state index contributed by atoms with van der Waals surface area (Å²) in [5.41, 5.74) is 5.30. The van der Waals surface area contributed by atoms with E-state index in [1.807, 2.05) is 24.4 Å². The summed E-state index contributed by atoms with van der Waals surface area (Å²) >= 11 is 6.10. The first kappa shape index (κ1) is 20.1. The lowest BCUT2D eigenvalue weighted by Crippen LogP contribution is -2.31. The van der Waals surface area contributed by atoms with Gasteiger partial charge in [-0.1, -0.05) is 17.7 Å². The van der Waals surface area contributed by atoms with Crippen molar-refractivity contribution in [2.24, 2.45) is 4.99 Å². The van der Waals surface area contributed by atoms with Crippen LogP contribution in [0.5, 0.6) is 0 Å². The van der Waals surface area contributed by atoms with Gasteiger partial charge in [-0.15, -0.1) is 0 Å². The van der Waals surface area contributed by atoms with Crippen LogP contribution < -0.4 is 4.90 Å². The molecule has 1 saturated heterocycles. The highest BCUT2D eigenvalue weighted by Gasteiger charge is 2.25. The summed E-state index contributed by atoms with van der Waals surface area (Å²) in [6.45, 7) is 2.48. The smallest absolute Gasteiger partial charge is 0.132 e. The normalized spacial score (nSPS) is 18.7. The van der Waals surface area contributed by atoms with E-state index in [4.69, 9.17) is 16.6 Å². The molecule has 0 spiro atoms. The number of allylic oxidation sites excluding steroid dienone is 1. The number of halogens is 2. The largest absolute Gasteiger partial charge is 0.369 e. The first-order valence-corrected chi connectivity index (χ1v) is 10.8. The highest BCUT2D eigenvalue weighted by molar-refractivity contribution is 6.35. The predicted molar refractivity (Wildman–Crippen MR) is 125 cm³/mol. The van der Waals surface area contributed by atoms with Gasteiger partial charge in [0.15, 0.2) is 0 Å². The number of pyridine rings is 2. The van der Waals surface area contributed by atoms with Crippen molar-refractivity contribution < 1.29 is 4.39 Å². The van der Waals surface area contributed by atoms with E-state index in [0.717, 1.165) is 47.5 Å². The summed E-state index contributed by atoms with van der Waals surface area (Å²) in [6.07, 6.45) is 5.03. The van der Waals surface area contributed by atoms with Gasteiger partial charge in [0.25, 0.3) is 0 Å². The maximum Gasteiger partial charge on any atom is 0.132 e. The molecule has 2 aliphatic rings. The molecule has 158 valence electrons. The second-order valence-corrected chi connectivity index (χ2v) is 8.65. The molecule has 2 aromatic heterocycles. The van der Waals surface area contributed by atoms with Crippen molar-refractivity contribution in [2.45, 2.75) is 12.5 Å². The van der Waals surface area contributed by atoms with Crippen LogP contribution >= 0.6 is 11.6 Å². The molecular formula is C24H23ClFN5. The molecule has 0 radical (unpaired) electrons. The summed E-state index contributed by atoms with van der Waals surface area (Å²) in [5.74, 6) is -0.342. The molecule has 5 rings (SSSR count). The number of aliphatic imine (C=N–C) groups is 1. The molecule has 7 heteroatoms. The zero-order chi connectivity index (χ0) is 21.5. The second-order valence-electron chi connectivity index (χ2n) is 8.21. The zero-order valence-corrected chi connectivity index (χ0v) is 18.3. The summed E-state index contributed by atoms with van der Waals surface area (Å²) in [6, 6.07) is 11.0. The van der Waals surface area contributed by atoms with E-state index >= 15 is 0 Å². The second kappa shape index (κ2) is 8.02. The van der Waals surface area contributed by atoms with Gasteiger partial charge in [-0.25, -0.2) is 9.37 Å². The highest BCUT2D eigenvalue weighted by Crippen LogP contribution is 2.29. The number of aromatic nitrogens is 2. The first-order chi connectivity index (χ1) is 15.0. The Balaban J connectivity index is 1.48. The molecule has 4 heterocycles. The van der Waals surface area contributed by atoms with E-state index in [2.05, 4.69) is 39.9 Å². The minimum Gasteiger partial charge on any atom is -0.369 e. The van der Waals surface area contributed by atoms with Gasteiger partial charge in [0.1, 0.15) is 5.82 Å². The third-order valence-electron chi connectivity index (χ3n) is 6.04. The van der Waals surface area contributed by atoms with Gasteiger partial charge in [0, 0.05) is 35.3 Å². The van der Waals surface area contributed by atoms with Crippen molar-refractivity contribution >= 4 is 39.6 Å². The number of anilines is 1. The SMILES string of the molecule is CN(C)[C@H]1CCN(c2cnc3ccc(C4=CCN=C4c4cc(Cl)ccc4F)nc3c2)C1. The Morgan fingerprint density at radius 1 is 1.13 bits per heavy atom. The van der Waals surface area contributed by atoms with E-state index in [9.17, 15) is 4.39 Å². The molecule has 2 aliphatic heterocycles. The Bertz CT molecular complexity index is 1220. The highest BCUT2D eigenvalue weighted by atomic mass is 35.5.